The first-order valence-electron chi connectivity index (χ1n) is 4.73. The van der Waals surface area contributed by atoms with Crippen molar-refractivity contribution >= 4 is 0 Å². The first-order valence-corrected chi connectivity index (χ1v) is 4.73. The highest BCUT2D eigenvalue weighted by atomic mass is 19.1. The average Bonchev–Trinajstić information content (AvgIpc) is 2.07. The molecule has 0 spiro atoms. The number of hydrogen-bond donors (Lipinski definition) is 0. The molecule has 0 aliphatic carbocycles. The molecule has 0 saturated carbocycles. The van der Waals surface area contributed by atoms with Crippen molar-refractivity contribution in [3.05, 3.63) is 29.3 Å². The third kappa shape index (κ3) is 3.53. The van der Waals surface area contributed by atoms with Crippen molar-refractivity contribution in [2.45, 2.75) is 40.5 Å². The van der Waals surface area contributed by atoms with E-state index in [1.165, 1.54) is 6.07 Å². The van der Waals surface area contributed by atoms with E-state index in [-0.39, 0.29) is 11.7 Å². The van der Waals surface area contributed by atoms with Crippen molar-refractivity contribution in [2.75, 3.05) is 0 Å². The molecule has 0 amide bonds. The fourth-order valence-electron chi connectivity index (χ4n) is 0.969. The van der Waals surface area contributed by atoms with Gasteiger partial charge in [-0.1, -0.05) is 27.7 Å². The smallest absolute Gasteiger partial charge is 0.145 e. The van der Waals surface area contributed by atoms with Crippen molar-refractivity contribution in [1.82, 2.24) is 4.98 Å². The van der Waals surface area contributed by atoms with Crippen molar-refractivity contribution < 1.29 is 4.39 Å². The van der Waals surface area contributed by atoms with E-state index >= 15 is 0 Å². The van der Waals surface area contributed by atoms with Crippen LogP contribution in [0.5, 0.6) is 0 Å². The Morgan fingerprint density at radius 1 is 1.31 bits per heavy atom. The standard InChI is InChI=1S/C9H12FN.C2H6/c1-6(2)9-8(10)4-7(3)5-11-9;1-2/h4-6H,1-3H3;1-2H3. The number of pyridine rings is 1. The summed E-state index contributed by atoms with van der Waals surface area (Å²) in [4.78, 5) is 4.00. The fraction of sp³-hybridized carbons (Fsp3) is 0.545. The summed E-state index contributed by atoms with van der Waals surface area (Å²) in [7, 11) is 0. The monoisotopic (exact) mass is 183 g/mol. The van der Waals surface area contributed by atoms with Crippen LogP contribution in [0.4, 0.5) is 4.39 Å². The van der Waals surface area contributed by atoms with Gasteiger partial charge in [-0.05, 0) is 24.5 Å². The summed E-state index contributed by atoms with van der Waals surface area (Å²) in [5.41, 5.74) is 1.42. The second kappa shape index (κ2) is 5.68. The normalized spacial score (nSPS) is 9.46. The van der Waals surface area contributed by atoms with Crippen LogP contribution in [0.1, 0.15) is 44.9 Å². The Balaban J connectivity index is 0.000000671. The molecule has 0 N–H and O–H groups in total. The summed E-state index contributed by atoms with van der Waals surface area (Å²) in [5, 5.41) is 0. The van der Waals surface area contributed by atoms with Gasteiger partial charge in [0.05, 0.1) is 5.69 Å². The molecule has 0 radical (unpaired) electrons. The Kier molecular flexibility index (Phi) is 5.28. The minimum atomic E-state index is -0.194. The highest BCUT2D eigenvalue weighted by Crippen LogP contribution is 2.15. The van der Waals surface area contributed by atoms with Crippen LogP contribution < -0.4 is 0 Å². The number of aryl methyl sites for hydroxylation is 1. The van der Waals surface area contributed by atoms with E-state index in [1.54, 1.807) is 6.20 Å². The van der Waals surface area contributed by atoms with E-state index in [4.69, 9.17) is 0 Å². The van der Waals surface area contributed by atoms with Gasteiger partial charge in [-0.25, -0.2) is 4.39 Å². The van der Waals surface area contributed by atoms with Crippen molar-refractivity contribution in [3.8, 4) is 0 Å². The van der Waals surface area contributed by atoms with Gasteiger partial charge in [0, 0.05) is 6.20 Å². The van der Waals surface area contributed by atoms with Crippen molar-refractivity contribution in [1.29, 1.82) is 0 Å². The molecule has 13 heavy (non-hydrogen) atoms. The second-order valence-electron chi connectivity index (χ2n) is 3.03. The predicted molar refractivity (Wildman–Crippen MR) is 54.4 cm³/mol. The summed E-state index contributed by atoms with van der Waals surface area (Å²) in [6.45, 7) is 9.70. The van der Waals surface area contributed by atoms with Crippen LogP contribution in [0, 0.1) is 12.7 Å². The van der Waals surface area contributed by atoms with E-state index in [1.807, 2.05) is 34.6 Å². The van der Waals surface area contributed by atoms with Gasteiger partial charge in [-0.3, -0.25) is 4.98 Å². The molecule has 0 fully saturated rings. The molecule has 0 aromatic carbocycles. The summed E-state index contributed by atoms with van der Waals surface area (Å²) in [6, 6.07) is 1.52. The quantitative estimate of drug-likeness (QED) is 0.647. The topological polar surface area (TPSA) is 12.9 Å². The van der Waals surface area contributed by atoms with Gasteiger partial charge in [-0.2, -0.15) is 0 Å². The molecule has 1 rings (SSSR count). The maximum absolute atomic E-state index is 13.0. The molecular formula is C11H18FN. The van der Waals surface area contributed by atoms with Crippen LogP contribution in [0.15, 0.2) is 12.3 Å². The number of aromatic nitrogens is 1. The average molecular weight is 183 g/mol. The van der Waals surface area contributed by atoms with Gasteiger partial charge >= 0.3 is 0 Å². The Labute approximate surface area is 80.0 Å². The number of hydrogen-bond acceptors (Lipinski definition) is 1. The predicted octanol–water partition coefficient (Wildman–Crippen LogP) is 3.68. The first-order chi connectivity index (χ1) is 6.11. The minimum Gasteiger partial charge on any atom is -0.258 e. The van der Waals surface area contributed by atoms with E-state index in [9.17, 15) is 4.39 Å². The summed E-state index contributed by atoms with van der Waals surface area (Å²) >= 11 is 0. The number of nitrogens with zero attached hydrogens (tertiary/aromatic N) is 1. The van der Waals surface area contributed by atoms with Crippen LogP contribution in [0.25, 0.3) is 0 Å². The highest BCUT2D eigenvalue weighted by Gasteiger charge is 2.06. The lowest BCUT2D eigenvalue weighted by molar-refractivity contribution is 0.583. The van der Waals surface area contributed by atoms with Crippen LogP contribution in [0.2, 0.25) is 0 Å². The summed E-state index contributed by atoms with van der Waals surface area (Å²) < 4.78 is 13.0. The summed E-state index contributed by atoms with van der Waals surface area (Å²) in [6.07, 6.45) is 1.69. The van der Waals surface area contributed by atoms with Gasteiger partial charge in [0.1, 0.15) is 5.82 Å². The maximum atomic E-state index is 13.0. The molecule has 0 bridgehead atoms. The molecule has 0 saturated heterocycles. The molecule has 0 atom stereocenters. The van der Waals surface area contributed by atoms with Gasteiger partial charge in [0.15, 0.2) is 0 Å². The Bertz CT molecular complexity index is 256. The van der Waals surface area contributed by atoms with E-state index in [0.717, 1.165) is 5.56 Å². The first kappa shape index (κ1) is 12.1. The number of halogens is 1. The zero-order valence-electron chi connectivity index (χ0n) is 9.06. The summed E-state index contributed by atoms with van der Waals surface area (Å²) in [5.74, 6) is -0.0319. The zero-order chi connectivity index (χ0) is 10.4. The lowest BCUT2D eigenvalue weighted by Crippen LogP contribution is -1.97. The van der Waals surface area contributed by atoms with Gasteiger partial charge in [-0.15, -0.1) is 0 Å². The zero-order valence-corrected chi connectivity index (χ0v) is 9.06. The molecule has 1 aromatic heterocycles. The van der Waals surface area contributed by atoms with Crippen LogP contribution in [0.3, 0.4) is 0 Å². The largest absolute Gasteiger partial charge is 0.258 e. The van der Waals surface area contributed by atoms with Crippen molar-refractivity contribution in [3.63, 3.8) is 0 Å². The van der Waals surface area contributed by atoms with Crippen LogP contribution >= 0.6 is 0 Å². The van der Waals surface area contributed by atoms with E-state index in [2.05, 4.69) is 4.98 Å². The molecule has 1 heterocycles. The highest BCUT2D eigenvalue weighted by molar-refractivity contribution is 5.16. The molecule has 0 aliphatic heterocycles. The Hall–Kier alpha value is -0.920. The molecule has 0 aliphatic rings. The molecule has 2 heteroatoms. The van der Waals surface area contributed by atoms with Gasteiger partial charge in [0.25, 0.3) is 0 Å². The minimum absolute atomic E-state index is 0.163. The van der Waals surface area contributed by atoms with Crippen molar-refractivity contribution in [2.24, 2.45) is 0 Å². The molecular weight excluding hydrogens is 165 g/mol. The number of rotatable bonds is 1. The molecule has 1 aromatic rings. The SMILES string of the molecule is CC.Cc1cnc(C(C)C)c(F)c1. The van der Waals surface area contributed by atoms with Gasteiger partial charge < -0.3 is 0 Å². The lowest BCUT2D eigenvalue weighted by atomic mass is 10.1. The van der Waals surface area contributed by atoms with Gasteiger partial charge in [0.2, 0.25) is 0 Å². The third-order valence-electron chi connectivity index (χ3n) is 1.55. The maximum Gasteiger partial charge on any atom is 0.145 e. The Morgan fingerprint density at radius 2 is 1.85 bits per heavy atom. The molecule has 74 valence electrons. The van der Waals surface area contributed by atoms with Crippen LogP contribution in [-0.4, -0.2) is 4.98 Å². The van der Waals surface area contributed by atoms with E-state index in [0.29, 0.717) is 5.69 Å². The third-order valence-corrected chi connectivity index (χ3v) is 1.55. The second-order valence-corrected chi connectivity index (χ2v) is 3.03. The molecule has 1 nitrogen and oxygen atoms in total. The van der Waals surface area contributed by atoms with Crippen LogP contribution in [-0.2, 0) is 0 Å². The molecule has 0 unspecified atom stereocenters. The Morgan fingerprint density at radius 3 is 2.23 bits per heavy atom. The van der Waals surface area contributed by atoms with E-state index < -0.39 is 0 Å². The lowest BCUT2D eigenvalue weighted by Gasteiger charge is -2.05. The fourth-order valence-corrected chi connectivity index (χ4v) is 0.969.